The van der Waals surface area contributed by atoms with Crippen LogP contribution in [0.25, 0.3) is 0 Å². The van der Waals surface area contributed by atoms with Crippen LogP contribution in [0.1, 0.15) is 15.9 Å². The molecule has 1 amide bonds. The Morgan fingerprint density at radius 3 is 2.52 bits per heavy atom. The Kier molecular flexibility index (Phi) is 5.15. The maximum atomic E-state index is 11.7. The van der Waals surface area contributed by atoms with Crippen molar-refractivity contribution in [3.8, 4) is 0 Å². The minimum Gasteiger partial charge on any atom is -0.478 e. The lowest BCUT2D eigenvalue weighted by atomic mass is 10.2. The molecular weight excluding hydrogens is 385 g/mol. The number of carbonyl (C=O) groups is 2. The van der Waals surface area contributed by atoms with E-state index in [0.29, 0.717) is 0 Å². The van der Waals surface area contributed by atoms with Crippen molar-refractivity contribution in [2.75, 3.05) is 5.32 Å². The SMILES string of the molecule is O=C(Nc1ccc(I)cc1C(=O)O)OCc1ccccc1. The predicted octanol–water partition coefficient (Wildman–Crippen LogP) is 3.74. The van der Waals surface area contributed by atoms with Crippen LogP contribution < -0.4 is 5.32 Å². The molecule has 2 N–H and O–H groups in total. The maximum Gasteiger partial charge on any atom is 0.411 e. The van der Waals surface area contributed by atoms with Crippen molar-refractivity contribution in [3.05, 3.63) is 63.2 Å². The van der Waals surface area contributed by atoms with Crippen molar-refractivity contribution in [2.24, 2.45) is 0 Å². The van der Waals surface area contributed by atoms with Gasteiger partial charge in [-0.1, -0.05) is 30.3 Å². The largest absolute Gasteiger partial charge is 0.478 e. The molecule has 2 aromatic rings. The van der Waals surface area contributed by atoms with Gasteiger partial charge in [0.2, 0.25) is 0 Å². The van der Waals surface area contributed by atoms with Gasteiger partial charge >= 0.3 is 12.1 Å². The molecule has 2 rings (SSSR count). The summed E-state index contributed by atoms with van der Waals surface area (Å²) in [5.41, 5.74) is 1.09. The van der Waals surface area contributed by atoms with Gasteiger partial charge in [0.1, 0.15) is 6.61 Å². The number of aromatic carboxylic acids is 1. The fourth-order valence-electron chi connectivity index (χ4n) is 1.67. The highest BCUT2D eigenvalue weighted by atomic mass is 127. The minimum absolute atomic E-state index is 0.0264. The highest BCUT2D eigenvalue weighted by Crippen LogP contribution is 2.19. The van der Waals surface area contributed by atoms with E-state index in [1.807, 2.05) is 52.9 Å². The van der Waals surface area contributed by atoms with Crippen LogP contribution in [-0.2, 0) is 11.3 Å². The van der Waals surface area contributed by atoms with E-state index >= 15 is 0 Å². The number of nitrogens with one attached hydrogen (secondary N) is 1. The summed E-state index contributed by atoms with van der Waals surface area (Å²) in [6, 6.07) is 14.0. The Morgan fingerprint density at radius 1 is 1.14 bits per heavy atom. The second-order valence-electron chi connectivity index (χ2n) is 4.18. The molecule has 0 atom stereocenters. The Morgan fingerprint density at radius 2 is 1.86 bits per heavy atom. The second-order valence-corrected chi connectivity index (χ2v) is 5.43. The zero-order chi connectivity index (χ0) is 15.2. The second kappa shape index (κ2) is 7.07. The Labute approximate surface area is 135 Å². The van der Waals surface area contributed by atoms with Crippen LogP contribution in [-0.4, -0.2) is 17.2 Å². The lowest BCUT2D eigenvalue weighted by Gasteiger charge is -2.09. The lowest BCUT2D eigenvalue weighted by Crippen LogP contribution is -2.16. The molecule has 0 heterocycles. The van der Waals surface area contributed by atoms with Crippen LogP contribution in [0.3, 0.4) is 0 Å². The van der Waals surface area contributed by atoms with Crippen molar-refractivity contribution < 1.29 is 19.4 Å². The van der Waals surface area contributed by atoms with Crippen molar-refractivity contribution in [3.63, 3.8) is 0 Å². The molecule has 0 aliphatic heterocycles. The van der Waals surface area contributed by atoms with E-state index in [9.17, 15) is 9.59 Å². The molecule has 0 unspecified atom stereocenters. The number of anilines is 1. The fraction of sp³-hybridized carbons (Fsp3) is 0.0667. The van der Waals surface area contributed by atoms with Gasteiger partial charge in [0.15, 0.2) is 0 Å². The zero-order valence-electron chi connectivity index (χ0n) is 10.9. The van der Waals surface area contributed by atoms with Gasteiger partial charge in [0.25, 0.3) is 0 Å². The van der Waals surface area contributed by atoms with Crippen LogP contribution in [0, 0.1) is 3.57 Å². The summed E-state index contributed by atoms with van der Waals surface area (Å²) in [6.45, 7) is 0.124. The van der Waals surface area contributed by atoms with E-state index in [1.54, 1.807) is 6.07 Å². The summed E-state index contributed by atoms with van der Waals surface area (Å²) in [5.74, 6) is -1.10. The highest BCUT2D eigenvalue weighted by Gasteiger charge is 2.13. The fourth-order valence-corrected chi connectivity index (χ4v) is 2.16. The van der Waals surface area contributed by atoms with Crippen LogP contribution >= 0.6 is 22.6 Å². The van der Waals surface area contributed by atoms with Gasteiger partial charge in [-0.05, 0) is 46.4 Å². The number of ether oxygens (including phenoxy) is 1. The number of halogens is 1. The molecule has 0 radical (unpaired) electrons. The molecule has 2 aromatic carbocycles. The van der Waals surface area contributed by atoms with E-state index in [0.717, 1.165) is 9.13 Å². The summed E-state index contributed by atoms with van der Waals surface area (Å²) >= 11 is 2.01. The third-order valence-electron chi connectivity index (χ3n) is 2.66. The smallest absolute Gasteiger partial charge is 0.411 e. The predicted molar refractivity (Wildman–Crippen MR) is 86.4 cm³/mol. The van der Waals surface area contributed by atoms with Crippen LogP contribution in [0.2, 0.25) is 0 Å². The van der Waals surface area contributed by atoms with E-state index in [1.165, 1.54) is 12.1 Å². The Hall–Kier alpha value is -2.09. The van der Waals surface area contributed by atoms with Gasteiger partial charge in [-0.2, -0.15) is 0 Å². The summed E-state index contributed by atoms with van der Waals surface area (Å²) < 4.78 is 5.82. The van der Waals surface area contributed by atoms with Crippen LogP contribution in [0.15, 0.2) is 48.5 Å². The standard InChI is InChI=1S/C15H12INO4/c16-11-6-7-13(12(8-11)14(18)19)17-15(20)21-9-10-4-2-1-3-5-10/h1-8H,9H2,(H,17,20)(H,18,19). The number of carbonyl (C=O) groups excluding carboxylic acids is 1. The first kappa shape index (κ1) is 15.3. The van der Waals surface area contributed by atoms with Crippen LogP contribution in [0.5, 0.6) is 0 Å². The maximum absolute atomic E-state index is 11.7. The first-order valence-corrected chi connectivity index (χ1v) is 7.14. The third-order valence-corrected chi connectivity index (χ3v) is 3.33. The van der Waals surface area contributed by atoms with Gasteiger partial charge in [0, 0.05) is 3.57 Å². The quantitative estimate of drug-likeness (QED) is 0.771. The number of carboxylic acids is 1. The van der Waals surface area contributed by atoms with E-state index < -0.39 is 12.1 Å². The third kappa shape index (κ3) is 4.45. The zero-order valence-corrected chi connectivity index (χ0v) is 13.0. The molecule has 21 heavy (non-hydrogen) atoms. The number of benzene rings is 2. The van der Waals surface area contributed by atoms with Crippen molar-refractivity contribution in [2.45, 2.75) is 6.61 Å². The highest BCUT2D eigenvalue weighted by molar-refractivity contribution is 14.1. The summed E-state index contributed by atoms with van der Waals surface area (Å²) in [7, 11) is 0. The average molecular weight is 397 g/mol. The van der Waals surface area contributed by atoms with Gasteiger partial charge in [-0.3, -0.25) is 5.32 Å². The van der Waals surface area contributed by atoms with Crippen molar-refractivity contribution >= 4 is 40.3 Å². The van der Waals surface area contributed by atoms with Crippen molar-refractivity contribution in [1.29, 1.82) is 0 Å². The summed E-state index contributed by atoms with van der Waals surface area (Å²) in [4.78, 5) is 22.9. The number of amides is 1. The summed E-state index contributed by atoms with van der Waals surface area (Å²) in [6.07, 6.45) is -0.692. The van der Waals surface area contributed by atoms with Crippen molar-refractivity contribution in [1.82, 2.24) is 0 Å². The number of hydrogen-bond donors (Lipinski definition) is 2. The average Bonchev–Trinajstić information content (AvgIpc) is 2.48. The first-order valence-electron chi connectivity index (χ1n) is 6.07. The topological polar surface area (TPSA) is 75.6 Å². The number of hydrogen-bond acceptors (Lipinski definition) is 3. The van der Waals surface area contributed by atoms with Gasteiger partial charge in [-0.25, -0.2) is 9.59 Å². The molecule has 0 fully saturated rings. The number of rotatable bonds is 4. The molecule has 5 nitrogen and oxygen atoms in total. The normalized spacial score (nSPS) is 9.95. The van der Waals surface area contributed by atoms with E-state index in [2.05, 4.69) is 5.32 Å². The lowest BCUT2D eigenvalue weighted by molar-refractivity contribution is 0.0698. The van der Waals surface area contributed by atoms with E-state index in [-0.39, 0.29) is 17.9 Å². The van der Waals surface area contributed by atoms with Gasteiger partial charge in [0.05, 0.1) is 11.3 Å². The first-order chi connectivity index (χ1) is 10.1. The minimum atomic E-state index is -1.10. The van der Waals surface area contributed by atoms with Gasteiger partial charge < -0.3 is 9.84 Å². The molecule has 0 saturated heterocycles. The molecule has 6 heteroatoms. The Bertz CT molecular complexity index is 658. The molecule has 0 aliphatic rings. The Balaban J connectivity index is 2.01. The molecule has 108 valence electrons. The van der Waals surface area contributed by atoms with E-state index in [4.69, 9.17) is 9.84 Å². The molecule has 0 aromatic heterocycles. The monoisotopic (exact) mass is 397 g/mol. The summed E-state index contributed by atoms with van der Waals surface area (Å²) in [5, 5.41) is 11.6. The molecule has 0 aliphatic carbocycles. The molecule has 0 saturated carbocycles. The molecule has 0 bridgehead atoms. The molecule has 0 spiro atoms. The number of carboxylic acid groups (broad SMARTS) is 1. The van der Waals surface area contributed by atoms with Crippen LogP contribution in [0.4, 0.5) is 10.5 Å². The van der Waals surface area contributed by atoms with Gasteiger partial charge in [-0.15, -0.1) is 0 Å². The molecular formula is C15H12INO4.